The highest BCUT2D eigenvalue weighted by atomic mass is 32.2. The van der Waals surface area contributed by atoms with Crippen LogP contribution in [0, 0.1) is 0 Å². The molecule has 1 aliphatic heterocycles. The van der Waals surface area contributed by atoms with E-state index in [9.17, 15) is 14.4 Å². The molecule has 2 aromatic heterocycles. The summed E-state index contributed by atoms with van der Waals surface area (Å²) in [5.41, 5.74) is 4.99. The molecule has 0 aliphatic carbocycles. The first-order chi connectivity index (χ1) is 13.5. The standard InChI is InChI=1S/C18H16N4O4S2/c23-15(20-21-16(24)12-4-1-7-19-11-12)6-2-8-22-17(25)14(28-18(22)27)10-13-5-3-9-26-13/h1,3-5,7,9-11H,2,6,8H2,(H,20,23)(H,21,24)/b14-10+. The van der Waals surface area contributed by atoms with Crippen LogP contribution in [-0.2, 0) is 9.59 Å². The molecule has 3 rings (SSSR count). The Hall–Kier alpha value is -2.98. The Kier molecular flexibility index (Phi) is 6.56. The molecule has 1 saturated heterocycles. The van der Waals surface area contributed by atoms with Gasteiger partial charge in [-0.3, -0.25) is 35.1 Å². The zero-order valence-electron chi connectivity index (χ0n) is 14.6. The third-order valence-corrected chi connectivity index (χ3v) is 5.09. The molecule has 1 aliphatic rings. The number of aromatic nitrogens is 1. The molecular weight excluding hydrogens is 400 g/mol. The van der Waals surface area contributed by atoms with Crippen molar-refractivity contribution in [3.63, 3.8) is 0 Å². The summed E-state index contributed by atoms with van der Waals surface area (Å²) in [7, 11) is 0. The lowest BCUT2D eigenvalue weighted by Crippen LogP contribution is -2.42. The summed E-state index contributed by atoms with van der Waals surface area (Å²) in [4.78, 5) is 41.9. The monoisotopic (exact) mass is 416 g/mol. The smallest absolute Gasteiger partial charge is 0.271 e. The second kappa shape index (κ2) is 9.29. The minimum absolute atomic E-state index is 0.127. The number of amides is 3. The van der Waals surface area contributed by atoms with Crippen LogP contribution in [0.4, 0.5) is 0 Å². The average Bonchev–Trinajstić information content (AvgIpc) is 3.30. The molecule has 2 aromatic rings. The summed E-state index contributed by atoms with van der Waals surface area (Å²) < 4.78 is 5.65. The van der Waals surface area contributed by atoms with Gasteiger partial charge in [-0.05, 0) is 30.7 Å². The van der Waals surface area contributed by atoms with Crippen LogP contribution in [0.3, 0.4) is 0 Å². The first-order valence-corrected chi connectivity index (χ1v) is 9.55. The van der Waals surface area contributed by atoms with Gasteiger partial charge >= 0.3 is 0 Å². The SMILES string of the molecule is O=C(CCCN1C(=O)/C(=C\c2ccco2)SC1=S)NNC(=O)c1cccnc1. The number of thiocarbonyl (C=S) groups is 1. The number of nitrogens with one attached hydrogen (secondary N) is 2. The number of furan rings is 1. The van der Waals surface area contributed by atoms with Gasteiger partial charge in [-0.25, -0.2) is 0 Å². The Bertz CT molecular complexity index is 913. The van der Waals surface area contributed by atoms with Crippen LogP contribution >= 0.6 is 24.0 Å². The van der Waals surface area contributed by atoms with Crippen molar-refractivity contribution in [1.82, 2.24) is 20.7 Å². The lowest BCUT2D eigenvalue weighted by atomic mass is 10.2. The largest absolute Gasteiger partial charge is 0.465 e. The number of thioether (sulfide) groups is 1. The molecule has 0 unspecified atom stereocenters. The lowest BCUT2D eigenvalue weighted by molar-refractivity contribution is -0.124. The predicted molar refractivity (Wildman–Crippen MR) is 108 cm³/mol. The van der Waals surface area contributed by atoms with Gasteiger partial charge in [0, 0.05) is 31.4 Å². The molecule has 0 saturated carbocycles. The van der Waals surface area contributed by atoms with E-state index in [1.165, 1.54) is 29.1 Å². The van der Waals surface area contributed by atoms with E-state index in [0.29, 0.717) is 33.5 Å². The van der Waals surface area contributed by atoms with E-state index in [2.05, 4.69) is 15.8 Å². The molecule has 3 amide bonds. The van der Waals surface area contributed by atoms with Gasteiger partial charge in [0.15, 0.2) is 0 Å². The lowest BCUT2D eigenvalue weighted by Gasteiger charge is -2.14. The van der Waals surface area contributed by atoms with Crippen LogP contribution in [0.1, 0.15) is 29.0 Å². The topological polar surface area (TPSA) is 105 Å². The summed E-state index contributed by atoms with van der Waals surface area (Å²) in [6, 6.07) is 6.69. The van der Waals surface area contributed by atoms with Crippen molar-refractivity contribution in [1.29, 1.82) is 0 Å². The molecule has 28 heavy (non-hydrogen) atoms. The normalized spacial score (nSPS) is 15.1. The van der Waals surface area contributed by atoms with Crippen molar-refractivity contribution in [2.75, 3.05) is 6.54 Å². The fourth-order valence-corrected chi connectivity index (χ4v) is 3.64. The Balaban J connectivity index is 1.43. The highest BCUT2D eigenvalue weighted by Crippen LogP contribution is 2.32. The number of hydrogen-bond acceptors (Lipinski definition) is 7. The quantitative estimate of drug-likeness (QED) is 0.422. The minimum atomic E-state index is -0.457. The third kappa shape index (κ3) is 5.05. The van der Waals surface area contributed by atoms with Crippen molar-refractivity contribution in [3.8, 4) is 0 Å². The van der Waals surface area contributed by atoms with Gasteiger partial charge in [0.05, 0.1) is 16.7 Å². The van der Waals surface area contributed by atoms with Gasteiger partial charge < -0.3 is 4.42 Å². The van der Waals surface area contributed by atoms with E-state index in [0.717, 1.165) is 0 Å². The van der Waals surface area contributed by atoms with Crippen LogP contribution in [0.25, 0.3) is 6.08 Å². The Morgan fingerprint density at radius 2 is 2.14 bits per heavy atom. The third-order valence-electron chi connectivity index (χ3n) is 3.71. The molecule has 1 fully saturated rings. The molecule has 10 heteroatoms. The number of nitrogens with zero attached hydrogens (tertiary/aromatic N) is 2. The van der Waals surface area contributed by atoms with Crippen molar-refractivity contribution in [2.45, 2.75) is 12.8 Å². The van der Waals surface area contributed by atoms with Crippen LogP contribution in [0.5, 0.6) is 0 Å². The molecule has 144 valence electrons. The van der Waals surface area contributed by atoms with Crippen LogP contribution in [0.2, 0.25) is 0 Å². The molecule has 0 spiro atoms. The molecule has 0 aromatic carbocycles. The summed E-state index contributed by atoms with van der Waals surface area (Å²) in [5, 5.41) is 0. The maximum absolute atomic E-state index is 12.4. The predicted octanol–water partition coefficient (Wildman–Crippen LogP) is 2.12. The van der Waals surface area contributed by atoms with E-state index >= 15 is 0 Å². The zero-order chi connectivity index (χ0) is 19.9. The Morgan fingerprint density at radius 1 is 1.29 bits per heavy atom. The van der Waals surface area contributed by atoms with E-state index in [1.807, 2.05) is 0 Å². The fourth-order valence-electron chi connectivity index (χ4n) is 2.35. The number of hydrogen-bond donors (Lipinski definition) is 2. The molecule has 8 nitrogen and oxygen atoms in total. The van der Waals surface area contributed by atoms with Gasteiger partial charge in [-0.1, -0.05) is 24.0 Å². The van der Waals surface area contributed by atoms with Crippen molar-refractivity contribution < 1.29 is 18.8 Å². The first kappa shape index (κ1) is 19.8. The molecule has 0 atom stereocenters. The van der Waals surface area contributed by atoms with Crippen LogP contribution in [0.15, 0.2) is 52.2 Å². The summed E-state index contributed by atoms with van der Waals surface area (Å²) in [5.74, 6) is -0.462. The number of pyridine rings is 1. The Labute approximate surface area is 170 Å². The van der Waals surface area contributed by atoms with Crippen molar-refractivity contribution in [2.24, 2.45) is 0 Å². The molecule has 3 heterocycles. The van der Waals surface area contributed by atoms with E-state index in [1.54, 1.807) is 36.5 Å². The van der Waals surface area contributed by atoms with Crippen LogP contribution in [-0.4, -0.2) is 38.5 Å². The molecular formula is C18H16N4O4S2. The molecule has 2 N–H and O–H groups in total. The summed E-state index contributed by atoms with van der Waals surface area (Å²) in [6.07, 6.45) is 6.63. The van der Waals surface area contributed by atoms with Gasteiger partial charge in [-0.15, -0.1) is 0 Å². The second-order valence-corrected chi connectivity index (χ2v) is 7.37. The van der Waals surface area contributed by atoms with Crippen molar-refractivity contribution >= 4 is 52.1 Å². The zero-order valence-corrected chi connectivity index (χ0v) is 16.2. The Morgan fingerprint density at radius 3 is 2.86 bits per heavy atom. The van der Waals surface area contributed by atoms with Gasteiger partial charge in [0.25, 0.3) is 11.8 Å². The number of rotatable bonds is 6. The van der Waals surface area contributed by atoms with E-state index in [-0.39, 0.29) is 18.2 Å². The number of hydrazine groups is 1. The molecule has 0 bridgehead atoms. The maximum atomic E-state index is 12.4. The van der Waals surface area contributed by atoms with E-state index < -0.39 is 5.91 Å². The van der Waals surface area contributed by atoms with Crippen molar-refractivity contribution in [3.05, 3.63) is 59.2 Å². The highest BCUT2D eigenvalue weighted by molar-refractivity contribution is 8.26. The van der Waals surface area contributed by atoms with Gasteiger partial charge in [0.1, 0.15) is 10.1 Å². The summed E-state index contributed by atoms with van der Waals surface area (Å²) in [6.45, 7) is 0.310. The number of carbonyl (C=O) groups excluding carboxylic acids is 3. The molecule has 0 radical (unpaired) electrons. The minimum Gasteiger partial charge on any atom is -0.465 e. The van der Waals surface area contributed by atoms with Gasteiger partial charge in [0.2, 0.25) is 5.91 Å². The fraction of sp³-hybridized carbons (Fsp3) is 0.167. The van der Waals surface area contributed by atoms with Gasteiger partial charge in [-0.2, -0.15) is 0 Å². The van der Waals surface area contributed by atoms with Crippen LogP contribution < -0.4 is 10.9 Å². The maximum Gasteiger partial charge on any atom is 0.271 e. The average molecular weight is 416 g/mol. The number of carbonyl (C=O) groups is 3. The first-order valence-electron chi connectivity index (χ1n) is 8.32. The second-order valence-electron chi connectivity index (χ2n) is 5.70. The van der Waals surface area contributed by atoms with E-state index in [4.69, 9.17) is 16.6 Å². The summed E-state index contributed by atoms with van der Waals surface area (Å²) >= 11 is 6.44. The highest BCUT2D eigenvalue weighted by Gasteiger charge is 2.31.